The Bertz CT molecular complexity index is 742. The highest BCUT2D eigenvalue weighted by Gasteiger charge is 2.28. The van der Waals surface area contributed by atoms with Crippen molar-refractivity contribution in [3.05, 3.63) is 29.8 Å². The van der Waals surface area contributed by atoms with Crippen molar-refractivity contribution in [3.63, 3.8) is 0 Å². The number of sulfonamides is 1. The van der Waals surface area contributed by atoms with Gasteiger partial charge in [0.2, 0.25) is 27.7 Å². The van der Waals surface area contributed by atoms with Gasteiger partial charge in [0.05, 0.1) is 4.90 Å². The molecular formula is C16H21N3O5S. The quantitative estimate of drug-likeness (QED) is 0.493. The molecule has 1 aliphatic heterocycles. The Kier molecular flexibility index (Phi) is 6.27. The van der Waals surface area contributed by atoms with E-state index in [1.165, 1.54) is 12.1 Å². The molecule has 0 aromatic heterocycles. The molecular weight excluding hydrogens is 346 g/mol. The number of benzene rings is 1. The highest BCUT2D eigenvalue weighted by atomic mass is 32.2. The first-order chi connectivity index (χ1) is 11.8. The summed E-state index contributed by atoms with van der Waals surface area (Å²) in [6.45, 7) is 2.08. The smallest absolute Gasteiger partial charge is 0.240 e. The Hall–Kier alpha value is -2.26. The van der Waals surface area contributed by atoms with Crippen molar-refractivity contribution < 1.29 is 22.8 Å². The first kappa shape index (κ1) is 19.1. The van der Waals surface area contributed by atoms with E-state index in [0.717, 1.165) is 10.5 Å². The van der Waals surface area contributed by atoms with Gasteiger partial charge in [0, 0.05) is 38.9 Å². The molecule has 0 unspecified atom stereocenters. The van der Waals surface area contributed by atoms with Crippen LogP contribution in [0.25, 0.3) is 0 Å². The number of hydrogen-bond acceptors (Lipinski definition) is 5. The second-order valence-corrected chi connectivity index (χ2v) is 7.52. The zero-order valence-corrected chi connectivity index (χ0v) is 14.8. The van der Waals surface area contributed by atoms with Gasteiger partial charge in [-0.15, -0.1) is 0 Å². The Morgan fingerprint density at radius 2 is 1.68 bits per heavy atom. The van der Waals surface area contributed by atoms with Crippen LogP contribution in [-0.2, 0) is 24.4 Å². The number of carbonyl (C=O) groups is 3. The molecule has 0 spiro atoms. The first-order valence-corrected chi connectivity index (χ1v) is 9.44. The topological polar surface area (TPSA) is 113 Å². The van der Waals surface area contributed by atoms with Gasteiger partial charge in [-0.2, -0.15) is 0 Å². The van der Waals surface area contributed by atoms with Gasteiger partial charge < -0.3 is 5.32 Å². The summed E-state index contributed by atoms with van der Waals surface area (Å²) >= 11 is 0. The second kappa shape index (κ2) is 8.21. The number of hydrogen-bond donors (Lipinski definition) is 2. The number of rotatable bonds is 8. The summed E-state index contributed by atoms with van der Waals surface area (Å²) in [4.78, 5) is 35.8. The molecule has 2 rings (SSSR count). The van der Waals surface area contributed by atoms with Gasteiger partial charge in [0.1, 0.15) is 0 Å². The lowest BCUT2D eigenvalue weighted by Crippen LogP contribution is -2.37. The first-order valence-electron chi connectivity index (χ1n) is 7.96. The number of nitrogens with one attached hydrogen (secondary N) is 2. The Labute approximate surface area is 146 Å². The molecule has 1 aliphatic rings. The minimum absolute atomic E-state index is 0.00217. The maximum absolute atomic E-state index is 12.1. The van der Waals surface area contributed by atoms with Gasteiger partial charge in [-0.1, -0.05) is 17.7 Å². The molecule has 1 aromatic carbocycles. The number of amides is 3. The van der Waals surface area contributed by atoms with Crippen molar-refractivity contribution in [2.75, 3.05) is 19.6 Å². The normalized spacial score (nSPS) is 14.8. The van der Waals surface area contributed by atoms with Crippen molar-refractivity contribution in [2.45, 2.75) is 31.1 Å². The molecule has 1 aromatic rings. The van der Waals surface area contributed by atoms with Crippen molar-refractivity contribution in [1.82, 2.24) is 14.9 Å². The van der Waals surface area contributed by atoms with Crippen LogP contribution in [-0.4, -0.2) is 50.7 Å². The van der Waals surface area contributed by atoms with E-state index in [9.17, 15) is 22.8 Å². The molecule has 3 amide bonds. The third-order valence-corrected chi connectivity index (χ3v) is 5.26. The monoisotopic (exact) mass is 367 g/mol. The van der Waals surface area contributed by atoms with Crippen molar-refractivity contribution in [2.24, 2.45) is 0 Å². The molecule has 1 saturated heterocycles. The number of imide groups is 1. The van der Waals surface area contributed by atoms with Crippen molar-refractivity contribution in [3.8, 4) is 0 Å². The van der Waals surface area contributed by atoms with E-state index in [4.69, 9.17) is 0 Å². The number of nitrogens with zero attached hydrogens (tertiary/aromatic N) is 1. The Morgan fingerprint density at radius 3 is 2.28 bits per heavy atom. The van der Waals surface area contributed by atoms with Gasteiger partial charge in [-0.25, -0.2) is 13.1 Å². The fourth-order valence-corrected chi connectivity index (χ4v) is 3.39. The molecule has 0 atom stereocenters. The average molecular weight is 367 g/mol. The average Bonchev–Trinajstić information content (AvgIpc) is 2.88. The van der Waals surface area contributed by atoms with Crippen LogP contribution in [0.2, 0.25) is 0 Å². The third-order valence-electron chi connectivity index (χ3n) is 3.79. The summed E-state index contributed by atoms with van der Waals surface area (Å²) < 4.78 is 26.5. The largest absolute Gasteiger partial charge is 0.355 e. The van der Waals surface area contributed by atoms with Gasteiger partial charge >= 0.3 is 0 Å². The molecule has 0 saturated carbocycles. The SMILES string of the molecule is Cc1ccc(S(=O)(=O)NCCNC(=O)CCN2C(=O)CCC2=O)cc1. The fraction of sp³-hybridized carbons (Fsp3) is 0.438. The van der Waals surface area contributed by atoms with E-state index in [0.29, 0.717) is 0 Å². The molecule has 1 fully saturated rings. The predicted octanol–water partition coefficient (Wildman–Crippen LogP) is -0.0714. The molecule has 0 radical (unpaired) electrons. The van der Waals surface area contributed by atoms with Crippen LogP contribution in [0.4, 0.5) is 0 Å². The number of likely N-dealkylation sites (tertiary alicyclic amines) is 1. The van der Waals surface area contributed by atoms with E-state index >= 15 is 0 Å². The van der Waals surface area contributed by atoms with E-state index in [2.05, 4.69) is 10.0 Å². The Morgan fingerprint density at radius 1 is 1.08 bits per heavy atom. The van der Waals surface area contributed by atoms with Crippen LogP contribution < -0.4 is 10.0 Å². The highest BCUT2D eigenvalue weighted by molar-refractivity contribution is 7.89. The minimum atomic E-state index is -3.61. The van der Waals surface area contributed by atoms with Crippen LogP contribution in [0.15, 0.2) is 29.2 Å². The number of aryl methyl sites for hydroxylation is 1. The molecule has 9 heteroatoms. The molecule has 2 N–H and O–H groups in total. The number of carbonyl (C=O) groups excluding carboxylic acids is 3. The van der Waals surface area contributed by atoms with Crippen LogP contribution in [0, 0.1) is 6.92 Å². The van der Waals surface area contributed by atoms with E-state index in [1.54, 1.807) is 12.1 Å². The van der Waals surface area contributed by atoms with Crippen LogP contribution in [0.3, 0.4) is 0 Å². The van der Waals surface area contributed by atoms with Crippen LogP contribution in [0.5, 0.6) is 0 Å². The van der Waals surface area contributed by atoms with Crippen molar-refractivity contribution in [1.29, 1.82) is 0 Å². The van der Waals surface area contributed by atoms with Gasteiger partial charge in [0.15, 0.2) is 0 Å². The molecule has 1 heterocycles. The summed E-state index contributed by atoms with van der Waals surface area (Å²) in [7, 11) is -3.61. The van der Waals surface area contributed by atoms with Gasteiger partial charge in [-0.3, -0.25) is 19.3 Å². The van der Waals surface area contributed by atoms with Gasteiger partial charge in [0.25, 0.3) is 0 Å². The van der Waals surface area contributed by atoms with E-state index in [1.807, 2.05) is 6.92 Å². The van der Waals surface area contributed by atoms with Crippen LogP contribution in [0.1, 0.15) is 24.8 Å². The van der Waals surface area contributed by atoms with E-state index in [-0.39, 0.29) is 61.5 Å². The molecule has 25 heavy (non-hydrogen) atoms. The lowest BCUT2D eigenvalue weighted by atomic mass is 10.2. The molecule has 0 aliphatic carbocycles. The Balaban J connectivity index is 1.70. The van der Waals surface area contributed by atoms with Crippen LogP contribution >= 0.6 is 0 Å². The summed E-state index contributed by atoms with van der Waals surface area (Å²) in [6.07, 6.45) is 0.394. The van der Waals surface area contributed by atoms with Crippen molar-refractivity contribution >= 4 is 27.7 Å². The lowest BCUT2D eigenvalue weighted by molar-refractivity contribution is -0.138. The van der Waals surface area contributed by atoms with E-state index < -0.39 is 10.0 Å². The minimum Gasteiger partial charge on any atom is -0.355 e. The van der Waals surface area contributed by atoms with Gasteiger partial charge in [-0.05, 0) is 19.1 Å². The summed E-state index contributed by atoms with van der Waals surface area (Å²) in [5.74, 6) is -0.866. The predicted molar refractivity (Wildman–Crippen MR) is 89.9 cm³/mol. The molecule has 136 valence electrons. The third kappa shape index (κ3) is 5.36. The fourth-order valence-electron chi connectivity index (χ4n) is 2.36. The molecule has 0 bridgehead atoms. The molecule has 8 nitrogen and oxygen atoms in total. The summed E-state index contributed by atoms with van der Waals surface area (Å²) in [5.41, 5.74) is 0.959. The maximum atomic E-state index is 12.1. The second-order valence-electron chi connectivity index (χ2n) is 5.75. The standard InChI is InChI=1S/C16H21N3O5S/c1-12-2-4-13(5-3-12)25(23,24)18-10-9-17-14(20)8-11-19-15(21)6-7-16(19)22/h2-5,18H,6-11H2,1H3,(H,17,20). The summed E-state index contributed by atoms with van der Waals surface area (Å²) in [6, 6.07) is 6.44. The summed E-state index contributed by atoms with van der Waals surface area (Å²) in [5, 5.41) is 2.55. The highest BCUT2D eigenvalue weighted by Crippen LogP contribution is 2.11. The maximum Gasteiger partial charge on any atom is 0.240 e. The zero-order chi connectivity index (χ0) is 18.4. The lowest BCUT2D eigenvalue weighted by Gasteiger charge is -2.13. The zero-order valence-electron chi connectivity index (χ0n) is 13.9.